The lowest BCUT2D eigenvalue weighted by molar-refractivity contribution is 0.112. The number of nitrogens with zero attached hydrogens (tertiary/aromatic N) is 1. The number of carbonyl (C=O) groups excluding carboxylic acids is 1. The van der Waals surface area contributed by atoms with Crippen LogP contribution in [0.3, 0.4) is 0 Å². The molecule has 25 heavy (non-hydrogen) atoms. The van der Waals surface area contributed by atoms with E-state index in [2.05, 4.69) is 0 Å². The molecule has 0 atom stereocenters. The standard InChI is InChI=1S/C19H19NO4S/c1-13(2)14-4-7-17(8-5-14)25(22,23)20-11-15(12-21)18-10-16(24-3)6-9-19(18)20/h4-13H,1-3H3. The third kappa shape index (κ3) is 2.93. The first kappa shape index (κ1) is 17.2. The van der Waals surface area contributed by atoms with Crippen LogP contribution in [0, 0.1) is 0 Å². The molecule has 1 aromatic heterocycles. The number of benzene rings is 2. The summed E-state index contributed by atoms with van der Waals surface area (Å²) in [4.78, 5) is 11.6. The monoisotopic (exact) mass is 357 g/mol. The van der Waals surface area contributed by atoms with Crippen molar-refractivity contribution in [3.63, 3.8) is 0 Å². The summed E-state index contributed by atoms with van der Waals surface area (Å²) in [5.74, 6) is 0.880. The Bertz CT molecular complexity index is 1030. The summed E-state index contributed by atoms with van der Waals surface area (Å²) < 4.78 is 32.4. The van der Waals surface area contributed by atoms with Crippen LogP contribution in [0.1, 0.15) is 35.7 Å². The van der Waals surface area contributed by atoms with E-state index in [9.17, 15) is 13.2 Å². The summed E-state index contributed by atoms with van der Waals surface area (Å²) in [6, 6.07) is 11.8. The molecule has 3 rings (SSSR count). The number of methoxy groups -OCH3 is 1. The van der Waals surface area contributed by atoms with Crippen molar-refractivity contribution in [1.82, 2.24) is 3.97 Å². The van der Waals surface area contributed by atoms with Crippen molar-refractivity contribution in [3.05, 3.63) is 59.8 Å². The molecule has 1 heterocycles. The molecule has 0 radical (unpaired) electrons. The number of hydrogen-bond acceptors (Lipinski definition) is 4. The van der Waals surface area contributed by atoms with Gasteiger partial charge in [-0.3, -0.25) is 4.79 Å². The van der Waals surface area contributed by atoms with E-state index in [0.717, 1.165) is 9.54 Å². The van der Waals surface area contributed by atoms with Crippen LogP contribution in [0.5, 0.6) is 5.75 Å². The second-order valence-electron chi connectivity index (χ2n) is 6.11. The summed E-state index contributed by atoms with van der Waals surface area (Å²) >= 11 is 0. The molecule has 0 aliphatic carbocycles. The summed E-state index contributed by atoms with van der Waals surface area (Å²) in [6.07, 6.45) is 2.00. The molecule has 0 spiro atoms. The lowest BCUT2D eigenvalue weighted by Crippen LogP contribution is -2.12. The maximum Gasteiger partial charge on any atom is 0.268 e. The Balaban J connectivity index is 2.18. The van der Waals surface area contributed by atoms with E-state index in [-0.39, 0.29) is 4.90 Å². The predicted molar refractivity (Wildman–Crippen MR) is 97.0 cm³/mol. The average Bonchev–Trinajstić information content (AvgIpc) is 3.00. The van der Waals surface area contributed by atoms with Gasteiger partial charge < -0.3 is 4.74 Å². The second-order valence-corrected chi connectivity index (χ2v) is 7.92. The predicted octanol–water partition coefficient (Wildman–Crippen LogP) is 3.82. The van der Waals surface area contributed by atoms with Crippen molar-refractivity contribution < 1.29 is 17.9 Å². The number of hydrogen-bond donors (Lipinski definition) is 0. The van der Waals surface area contributed by atoms with Gasteiger partial charge in [-0.15, -0.1) is 0 Å². The molecule has 5 nitrogen and oxygen atoms in total. The molecule has 0 fully saturated rings. The van der Waals surface area contributed by atoms with Crippen molar-refractivity contribution in [2.45, 2.75) is 24.7 Å². The largest absolute Gasteiger partial charge is 0.497 e. The quantitative estimate of drug-likeness (QED) is 0.651. The Kier molecular flexibility index (Phi) is 4.39. The van der Waals surface area contributed by atoms with Gasteiger partial charge in [-0.05, 0) is 41.8 Å². The molecule has 0 saturated heterocycles. The van der Waals surface area contributed by atoms with E-state index < -0.39 is 10.0 Å². The van der Waals surface area contributed by atoms with Crippen LogP contribution >= 0.6 is 0 Å². The molecule has 0 N–H and O–H groups in total. The van der Waals surface area contributed by atoms with E-state index in [1.165, 1.54) is 13.3 Å². The van der Waals surface area contributed by atoms with Gasteiger partial charge >= 0.3 is 0 Å². The summed E-state index contributed by atoms with van der Waals surface area (Å²) in [5.41, 5.74) is 1.81. The van der Waals surface area contributed by atoms with E-state index in [1.807, 2.05) is 26.0 Å². The minimum Gasteiger partial charge on any atom is -0.497 e. The van der Waals surface area contributed by atoms with Gasteiger partial charge in [0.1, 0.15) is 5.75 Å². The lowest BCUT2D eigenvalue weighted by Gasteiger charge is -2.10. The molecular weight excluding hydrogens is 338 g/mol. The van der Waals surface area contributed by atoms with Gasteiger partial charge in [-0.25, -0.2) is 12.4 Å². The number of fused-ring (bicyclic) bond motifs is 1. The molecule has 0 bridgehead atoms. The fourth-order valence-corrected chi connectivity index (χ4v) is 4.14. The van der Waals surface area contributed by atoms with Gasteiger partial charge in [0.05, 0.1) is 17.5 Å². The number of rotatable bonds is 5. The fraction of sp³-hybridized carbons (Fsp3) is 0.211. The molecule has 0 aliphatic heterocycles. The van der Waals surface area contributed by atoms with E-state index in [1.54, 1.807) is 30.3 Å². The van der Waals surface area contributed by atoms with Crippen LogP contribution < -0.4 is 4.74 Å². The summed E-state index contributed by atoms with van der Waals surface area (Å²) in [5, 5.41) is 0.539. The molecular formula is C19H19NO4S. The van der Waals surface area contributed by atoms with Gasteiger partial charge in [0.2, 0.25) is 0 Å². The zero-order valence-electron chi connectivity index (χ0n) is 14.3. The molecule has 6 heteroatoms. The number of aromatic nitrogens is 1. The van der Waals surface area contributed by atoms with E-state index >= 15 is 0 Å². The molecule has 2 aromatic carbocycles. The Labute approximate surface area is 146 Å². The van der Waals surface area contributed by atoms with Gasteiger partial charge in [0.25, 0.3) is 10.0 Å². The number of carbonyl (C=O) groups is 1. The second kappa shape index (κ2) is 6.37. The highest BCUT2D eigenvalue weighted by molar-refractivity contribution is 7.90. The highest BCUT2D eigenvalue weighted by atomic mass is 32.2. The van der Waals surface area contributed by atoms with Crippen molar-refractivity contribution in [2.24, 2.45) is 0 Å². The average molecular weight is 357 g/mol. The lowest BCUT2D eigenvalue weighted by atomic mass is 10.0. The molecule has 0 amide bonds. The van der Waals surface area contributed by atoms with E-state index in [4.69, 9.17) is 4.74 Å². The first-order chi connectivity index (χ1) is 11.9. The van der Waals surface area contributed by atoms with Crippen LogP contribution in [0.25, 0.3) is 10.9 Å². The van der Waals surface area contributed by atoms with Crippen LogP contribution in [0.4, 0.5) is 0 Å². The highest BCUT2D eigenvalue weighted by Crippen LogP contribution is 2.29. The molecule has 3 aromatic rings. The van der Waals surface area contributed by atoms with Gasteiger partial charge in [-0.2, -0.15) is 0 Å². The maximum atomic E-state index is 13.0. The summed E-state index contributed by atoms with van der Waals surface area (Å²) in [6.45, 7) is 4.10. The number of aldehydes is 1. The number of ether oxygens (including phenoxy) is 1. The van der Waals surface area contributed by atoms with E-state index in [0.29, 0.717) is 34.4 Å². The molecule has 0 saturated carbocycles. The minimum absolute atomic E-state index is 0.182. The zero-order chi connectivity index (χ0) is 18.2. The smallest absolute Gasteiger partial charge is 0.268 e. The first-order valence-electron chi connectivity index (χ1n) is 7.88. The summed E-state index contributed by atoms with van der Waals surface area (Å²) in [7, 11) is -2.28. The topological polar surface area (TPSA) is 65.4 Å². The fourth-order valence-electron chi connectivity index (χ4n) is 2.76. The third-order valence-corrected chi connectivity index (χ3v) is 5.93. The van der Waals surface area contributed by atoms with Crippen LogP contribution in [-0.2, 0) is 10.0 Å². The SMILES string of the molecule is COc1ccc2c(c1)c(C=O)cn2S(=O)(=O)c1ccc(C(C)C)cc1. The molecule has 130 valence electrons. The highest BCUT2D eigenvalue weighted by Gasteiger charge is 2.21. The first-order valence-corrected chi connectivity index (χ1v) is 9.32. The van der Waals surface area contributed by atoms with Gasteiger partial charge in [0.15, 0.2) is 6.29 Å². The molecule has 0 unspecified atom stereocenters. The van der Waals surface area contributed by atoms with Crippen LogP contribution in [-0.4, -0.2) is 25.8 Å². The zero-order valence-corrected chi connectivity index (χ0v) is 15.1. The maximum absolute atomic E-state index is 13.0. The van der Waals surface area contributed by atoms with Crippen molar-refractivity contribution >= 4 is 27.2 Å². The minimum atomic E-state index is -3.80. The van der Waals surface area contributed by atoms with Crippen molar-refractivity contribution in [1.29, 1.82) is 0 Å². The van der Waals surface area contributed by atoms with Gasteiger partial charge in [0, 0.05) is 17.1 Å². The Hall–Kier alpha value is -2.60. The van der Waals surface area contributed by atoms with Crippen LogP contribution in [0.15, 0.2) is 53.6 Å². The molecule has 0 aliphatic rings. The Morgan fingerprint density at radius 2 is 1.76 bits per heavy atom. The van der Waals surface area contributed by atoms with Gasteiger partial charge in [-0.1, -0.05) is 26.0 Å². The Morgan fingerprint density at radius 3 is 2.32 bits per heavy atom. The Morgan fingerprint density at radius 1 is 1.08 bits per heavy atom. The van der Waals surface area contributed by atoms with Crippen LogP contribution in [0.2, 0.25) is 0 Å². The van der Waals surface area contributed by atoms with Crippen molar-refractivity contribution in [3.8, 4) is 5.75 Å². The third-order valence-electron chi connectivity index (χ3n) is 4.24. The van der Waals surface area contributed by atoms with Crippen molar-refractivity contribution in [2.75, 3.05) is 7.11 Å². The normalized spacial score (nSPS) is 11.8.